The normalized spacial score (nSPS) is 12.2. The fourth-order valence-corrected chi connectivity index (χ4v) is 1.29. The second-order valence-corrected chi connectivity index (χ2v) is 3.44. The molecule has 1 atom stereocenters. The van der Waals surface area contributed by atoms with E-state index in [-0.39, 0.29) is 6.10 Å². The van der Waals surface area contributed by atoms with Gasteiger partial charge >= 0.3 is 0 Å². The summed E-state index contributed by atoms with van der Waals surface area (Å²) in [4.78, 5) is 4.21. The van der Waals surface area contributed by atoms with Gasteiger partial charge in [-0.25, -0.2) is 0 Å². The van der Waals surface area contributed by atoms with Crippen LogP contribution < -0.4 is 15.8 Å². The highest BCUT2D eigenvalue weighted by atomic mass is 16.5. The lowest BCUT2D eigenvalue weighted by molar-refractivity contribution is 0.0855. The maximum absolute atomic E-state index is 5.78. The third-order valence-electron chi connectivity index (χ3n) is 2.12. The molecule has 1 aromatic heterocycles. The van der Waals surface area contributed by atoms with Gasteiger partial charge < -0.3 is 20.5 Å². The predicted molar refractivity (Wildman–Crippen MR) is 64.8 cm³/mol. The third-order valence-corrected chi connectivity index (χ3v) is 2.12. The van der Waals surface area contributed by atoms with Crippen LogP contribution in [0.1, 0.15) is 13.8 Å². The number of anilines is 2. The monoisotopic (exact) mass is 225 g/mol. The first-order chi connectivity index (χ1) is 7.67. The Morgan fingerprint density at radius 1 is 1.50 bits per heavy atom. The van der Waals surface area contributed by atoms with Crippen LogP contribution in [0, 0.1) is 0 Å². The minimum atomic E-state index is 0.123. The number of rotatable bonds is 6. The molecule has 1 aromatic rings. The maximum Gasteiger partial charge on any atom is 0.215 e. The van der Waals surface area contributed by atoms with Crippen LogP contribution in [0.4, 0.5) is 11.5 Å². The van der Waals surface area contributed by atoms with Crippen LogP contribution in [0.2, 0.25) is 0 Å². The molecule has 1 heterocycles. The molecule has 0 radical (unpaired) electrons. The molecule has 0 amide bonds. The van der Waals surface area contributed by atoms with Gasteiger partial charge in [0.05, 0.1) is 18.9 Å². The second kappa shape index (κ2) is 6.17. The summed E-state index contributed by atoms with van der Waals surface area (Å²) < 4.78 is 10.4. The minimum absolute atomic E-state index is 0.123. The van der Waals surface area contributed by atoms with Crippen LogP contribution in [-0.4, -0.2) is 31.3 Å². The van der Waals surface area contributed by atoms with Crippen molar-refractivity contribution in [1.82, 2.24) is 4.98 Å². The molecule has 90 valence electrons. The molecule has 16 heavy (non-hydrogen) atoms. The summed E-state index contributed by atoms with van der Waals surface area (Å²) in [6, 6.07) is 3.49. The van der Waals surface area contributed by atoms with Gasteiger partial charge in [0.15, 0.2) is 5.82 Å². The summed E-state index contributed by atoms with van der Waals surface area (Å²) in [5.74, 6) is 1.17. The third kappa shape index (κ3) is 3.58. The van der Waals surface area contributed by atoms with Gasteiger partial charge in [0.1, 0.15) is 0 Å². The lowest BCUT2D eigenvalue weighted by Gasteiger charge is -2.14. The van der Waals surface area contributed by atoms with Gasteiger partial charge in [0, 0.05) is 19.2 Å². The number of nitrogens with zero attached hydrogens (tertiary/aromatic N) is 1. The van der Waals surface area contributed by atoms with E-state index in [0.717, 1.165) is 0 Å². The molecule has 0 aromatic carbocycles. The SMILES string of the molecule is CCOC(C)CNc1nc(OC)ccc1N. The van der Waals surface area contributed by atoms with Crippen molar-refractivity contribution < 1.29 is 9.47 Å². The zero-order valence-corrected chi connectivity index (χ0v) is 9.99. The highest BCUT2D eigenvalue weighted by Gasteiger charge is 2.05. The highest BCUT2D eigenvalue weighted by Crippen LogP contribution is 2.19. The van der Waals surface area contributed by atoms with Crippen molar-refractivity contribution in [2.45, 2.75) is 20.0 Å². The fraction of sp³-hybridized carbons (Fsp3) is 0.545. The van der Waals surface area contributed by atoms with Crippen LogP contribution in [0.3, 0.4) is 0 Å². The number of nitrogens with two attached hydrogens (primary N) is 1. The molecule has 1 unspecified atom stereocenters. The highest BCUT2D eigenvalue weighted by molar-refractivity contribution is 5.61. The number of hydrogen-bond donors (Lipinski definition) is 2. The van der Waals surface area contributed by atoms with Crippen LogP contribution in [0.5, 0.6) is 5.88 Å². The summed E-state index contributed by atoms with van der Waals surface area (Å²) in [6.45, 7) is 5.32. The van der Waals surface area contributed by atoms with Gasteiger partial charge in [-0.15, -0.1) is 0 Å². The molecular formula is C11H19N3O2. The molecule has 0 spiro atoms. The van der Waals surface area contributed by atoms with Crippen molar-refractivity contribution in [1.29, 1.82) is 0 Å². The first-order valence-electron chi connectivity index (χ1n) is 5.33. The summed E-state index contributed by atoms with van der Waals surface area (Å²) in [7, 11) is 1.57. The van der Waals surface area contributed by atoms with Gasteiger partial charge in [-0.3, -0.25) is 0 Å². The minimum Gasteiger partial charge on any atom is -0.481 e. The Bertz CT molecular complexity index is 331. The zero-order chi connectivity index (χ0) is 12.0. The first kappa shape index (κ1) is 12.6. The number of ether oxygens (including phenoxy) is 2. The van der Waals surface area contributed by atoms with Crippen LogP contribution >= 0.6 is 0 Å². The molecule has 0 aliphatic rings. The number of methoxy groups -OCH3 is 1. The molecule has 1 rings (SSSR count). The Labute approximate surface area is 96.0 Å². The molecule has 0 fully saturated rings. The number of hydrogen-bond acceptors (Lipinski definition) is 5. The number of pyridine rings is 1. The molecular weight excluding hydrogens is 206 g/mol. The van der Waals surface area contributed by atoms with Crippen molar-refractivity contribution >= 4 is 11.5 Å². The van der Waals surface area contributed by atoms with E-state index in [9.17, 15) is 0 Å². The molecule has 0 bridgehead atoms. The number of nitrogens with one attached hydrogen (secondary N) is 1. The second-order valence-electron chi connectivity index (χ2n) is 3.44. The lowest BCUT2D eigenvalue weighted by atomic mass is 10.3. The van der Waals surface area contributed by atoms with Crippen molar-refractivity contribution in [2.75, 3.05) is 31.3 Å². The van der Waals surface area contributed by atoms with E-state index in [0.29, 0.717) is 30.5 Å². The van der Waals surface area contributed by atoms with E-state index in [1.54, 1.807) is 19.2 Å². The van der Waals surface area contributed by atoms with Gasteiger partial charge in [0.25, 0.3) is 0 Å². The molecule has 0 saturated heterocycles. The molecule has 0 saturated carbocycles. The van der Waals surface area contributed by atoms with Crippen molar-refractivity contribution in [3.63, 3.8) is 0 Å². The van der Waals surface area contributed by atoms with Crippen LogP contribution in [-0.2, 0) is 4.74 Å². The average molecular weight is 225 g/mol. The van der Waals surface area contributed by atoms with Crippen molar-refractivity contribution in [2.24, 2.45) is 0 Å². The van der Waals surface area contributed by atoms with Gasteiger partial charge in [-0.05, 0) is 19.9 Å². The Balaban J connectivity index is 2.58. The standard InChI is InChI=1S/C11H19N3O2/c1-4-16-8(2)7-13-11-9(12)5-6-10(14-11)15-3/h5-6,8H,4,7,12H2,1-3H3,(H,13,14). The molecule has 5 nitrogen and oxygen atoms in total. The van der Waals surface area contributed by atoms with Crippen LogP contribution in [0.15, 0.2) is 12.1 Å². The summed E-state index contributed by atoms with van der Waals surface area (Å²) in [6.07, 6.45) is 0.123. The largest absolute Gasteiger partial charge is 0.481 e. The van der Waals surface area contributed by atoms with E-state index in [2.05, 4.69) is 10.3 Å². The van der Waals surface area contributed by atoms with Crippen LogP contribution in [0.25, 0.3) is 0 Å². The topological polar surface area (TPSA) is 69.4 Å². The zero-order valence-electron chi connectivity index (χ0n) is 9.99. The molecule has 5 heteroatoms. The van der Waals surface area contributed by atoms with Crippen molar-refractivity contribution in [3.05, 3.63) is 12.1 Å². The van der Waals surface area contributed by atoms with Gasteiger partial charge in [-0.1, -0.05) is 0 Å². The van der Waals surface area contributed by atoms with E-state index in [1.807, 2.05) is 13.8 Å². The summed E-state index contributed by atoms with van der Waals surface area (Å²) in [5, 5.41) is 3.13. The maximum atomic E-state index is 5.78. The summed E-state index contributed by atoms with van der Waals surface area (Å²) >= 11 is 0. The molecule has 3 N–H and O–H groups in total. The van der Waals surface area contributed by atoms with E-state index in [1.165, 1.54) is 0 Å². The average Bonchev–Trinajstić information content (AvgIpc) is 2.28. The fourth-order valence-electron chi connectivity index (χ4n) is 1.29. The van der Waals surface area contributed by atoms with E-state index >= 15 is 0 Å². The summed E-state index contributed by atoms with van der Waals surface area (Å²) in [5.41, 5.74) is 6.38. The Kier molecular flexibility index (Phi) is 4.85. The predicted octanol–water partition coefficient (Wildman–Crippen LogP) is 1.51. The van der Waals surface area contributed by atoms with E-state index in [4.69, 9.17) is 15.2 Å². The Morgan fingerprint density at radius 2 is 2.25 bits per heavy atom. The molecule has 0 aliphatic heterocycles. The quantitative estimate of drug-likeness (QED) is 0.768. The van der Waals surface area contributed by atoms with Crippen molar-refractivity contribution in [3.8, 4) is 5.88 Å². The number of nitrogen functional groups attached to an aromatic ring is 1. The lowest BCUT2D eigenvalue weighted by Crippen LogP contribution is -2.20. The molecule has 0 aliphatic carbocycles. The Morgan fingerprint density at radius 3 is 2.88 bits per heavy atom. The Hall–Kier alpha value is -1.49. The van der Waals surface area contributed by atoms with Gasteiger partial charge in [-0.2, -0.15) is 4.98 Å². The first-order valence-corrected chi connectivity index (χ1v) is 5.33. The smallest absolute Gasteiger partial charge is 0.215 e. The number of aromatic nitrogens is 1. The van der Waals surface area contributed by atoms with E-state index < -0.39 is 0 Å². The van der Waals surface area contributed by atoms with Gasteiger partial charge in [0.2, 0.25) is 5.88 Å².